The number of aliphatic hydroxyl groups is 1. The summed E-state index contributed by atoms with van der Waals surface area (Å²) < 4.78 is 0. The Hall–Kier alpha value is -1.42. The molecule has 0 amide bonds. The van der Waals surface area contributed by atoms with Gasteiger partial charge in [-0.1, -0.05) is 61.7 Å². The first-order chi connectivity index (χ1) is 12.2. The van der Waals surface area contributed by atoms with Gasteiger partial charge in [-0.25, -0.2) is 0 Å². The van der Waals surface area contributed by atoms with Crippen molar-refractivity contribution in [2.45, 2.75) is 43.6 Å². The number of nitrogens with zero attached hydrogens (tertiary/aromatic N) is 1. The van der Waals surface area contributed by atoms with E-state index in [1.54, 1.807) is 0 Å². The molecule has 4 rings (SSSR count). The third-order valence-corrected chi connectivity index (χ3v) is 6.19. The molecular formula is C22H30N2O. The van der Waals surface area contributed by atoms with Crippen molar-refractivity contribution in [3.63, 3.8) is 0 Å². The number of nitrogens with one attached hydrogen (secondary N) is 1. The molecule has 1 unspecified atom stereocenters. The number of fused-ring (bicyclic) bond motifs is 1. The van der Waals surface area contributed by atoms with Crippen LogP contribution in [-0.4, -0.2) is 48.3 Å². The quantitative estimate of drug-likeness (QED) is 0.895. The average molecular weight is 338 g/mol. The van der Waals surface area contributed by atoms with Gasteiger partial charge in [0.25, 0.3) is 0 Å². The maximum absolute atomic E-state index is 11.5. The van der Waals surface area contributed by atoms with Crippen molar-refractivity contribution in [1.82, 2.24) is 10.2 Å². The SMILES string of the molecule is OC1(C(CN2CCNCC2)c2ccc3ccccc3c2)CCCCC1. The van der Waals surface area contributed by atoms with Crippen LogP contribution in [0.4, 0.5) is 0 Å². The Balaban J connectivity index is 1.67. The van der Waals surface area contributed by atoms with Crippen LogP contribution in [0.25, 0.3) is 10.8 Å². The lowest BCUT2D eigenvalue weighted by Crippen LogP contribution is -2.49. The molecule has 0 radical (unpaired) electrons. The number of piperazine rings is 1. The maximum atomic E-state index is 11.5. The van der Waals surface area contributed by atoms with Gasteiger partial charge in [-0.3, -0.25) is 0 Å². The van der Waals surface area contributed by atoms with E-state index in [4.69, 9.17) is 0 Å². The third-order valence-electron chi connectivity index (χ3n) is 6.19. The highest BCUT2D eigenvalue weighted by molar-refractivity contribution is 5.83. The number of hydrogen-bond acceptors (Lipinski definition) is 3. The summed E-state index contributed by atoms with van der Waals surface area (Å²) in [5, 5.41) is 17.5. The molecule has 3 nitrogen and oxygen atoms in total. The summed E-state index contributed by atoms with van der Waals surface area (Å²) >= 11 is 0. The molecule has 3 heteroatoms. The van der Waals surface area contributed by atoms with Crippen LogP contribution in [0.1, 0.15) is 43.6 Å². The molecule has 2 fully saturated rings. The minimum atomic E-state index is -0.550. The second-order valence-electron chi connectivity index (χ2n) is 7.87. The lowest BCUT2D eigenvalue weighted by molar-refractivity contribution is -0.0316. The van der Waals surface area contributed by atoms with Gasteiger partial charge in [0, 0.05) is 38.6 Å². The van der Waals surface area contributed by atoms with Crippen LogP contribution in [0.5, 0.6) is 0 Å². The van der Waals surface area contributed by atoms with Gasteiger partial charge in [-0.05, 0) is 29.2 Å². The van der Waals surface area contributed by atoms with Crippen molar-refractivity contribution in [3.8, 4) is 0 Å². The second-order valence-corrected chi connectivity index (χ2v) is 7.87. The Morgan fingerprint density at radius 1 is 0.960 bits per heavy atom. The van der Waals surface area contributed by atoms with Crippen LogP contribution in [-0.2, 0) is 0 Å². The van der Waals surface area contributed by atoms with Gasteiger partial charge < -0.3 is 15.3 Å². The van der Waals surface area contributed by atoms with E-state index in [0.29, 0.717) is 0 Å². The summed E-state index contributed by atoms with van der Waals surface area (Å²) in [5.74, 6) is 0.204. The monoisotopic (exact) mass is 338 g/mol. The van der Waals surface area contributed by atoms with Gasteiger partial charge in [-0.2, -0.15) is 0 Å². The minimum Gasteiger partial charge on any atom is -0.389 e. The number of benzene rings is 2. The second kappa shape index (κ2) is 7.45. The van der Waals surface area contributed by atoms with E-state index in [2.05, 4.69) is 52.7 Å². The molecule has 0 aromatic heterocycles. The normalized spacial score (nSPS) is 22.8. The van der Waals surface area contributed by atoms with Crippen LogP contribution in [0.3, 0.4) is 0 Å². The molecule has 25 heavy (non-hydrogen) atoms. The van der Waals surface area contributed by atoms with Crippen LogP contribution < -0.4 is 5.32 Å². The fourth-order valence-corrected chi connectivity index (χ4v) is 4.67. The summed E-state index contributed by atoms with van der Waals surface area (Å²) in [4.78, 5) is 2.53. The minimum absolute atomic E-state index is 0.204. The Kier molecular flexibility index (Phi) is 5.07. The van der Waals surface area contributed by atoms with Crippen molar-refractivity contribution in [2.24, 2.45) is 0 Å². The molecular weight excluding hydrogens is 308 g/mol. The summed E-state index contributed by atoms with van der Waals surface area (Å²) in [6, 6.07) is 15.3. The molecule has 1 heterocycles. The van der Waals surface area contributed by atoms with Crippen LogP contribution in [0.15, 0.2) is 42.5 Å². The molecule has 2 aromatic carbocycles. The van der Waals surface area contributed by atoms with Crippen LogP contribution in [0, 0.1) is 0 Å². The molecule has 1 aliphatic heterocycles. The molecule has 2 aliphatic rings. The van der Waals surface area contributed by atoms with E-state index in [-0.39, 0.29) is 5.92 Å². The average Bonchev–Trinajstić information content (AvgIpc) is 2.67. The van der Waals surface area contributed by atoms with Crippen LogP contribution >= 0.6 is 0 Å². The van der Waals surface area contributed by atoms with E-state index in [9.17, 15) is 5.11 Å². The van der Waals surface area contributed by atoms with Gasteiger partial charge in [0.2, 0.25) is 0 Å². The van der Waals surface area contributed by atoms with Gasteiger partial charge in [0.1, 0.15) is 0 Å². The molecule has 1 aliphatic carbocycles. The Morgan fingerprint density at radius 3 is 2.44 bits per heavy atom. The predicted octanol–water partition coefficient (Wildman–Crippen LogP) is 3.52. The highest BCUT2D eigenvalue weighted by atomic mass is 16.3. The van der Waals surface area contributed by atoms with Gasteiger partial charge >= 0.3 is 0 Å². The van der Waals surface area contributed by atoms with E-state index >= 15 is 0 Å². The molecule has 0 bridgehead atoms. The summed E-state index contributed by atoms with van der Waals surface area (Å²) in [5.41, 5.74) is 0.757. The molecule has 0 spiro atoms. The zero-order valence-corrected chi connectivity index (χ0v) is 15.1. The Morgan fingerprint density at radius 2 is 1.68 bits per heavy atom. The summed E-state index contributed by atoms with van der Waals surface area (Å²) in [6.45, 7) is 5.25. The highest BCUT2D eigenvalue weighted by Gasteiger charge is 2.39. The molecule has 1 saturated heterocycles. The maximum Gasteiger partial charge on any atom is 0.0728 e. The fraction of sp³-hybridized carbons (Fsp3) is 0.545. The van der Waals surface area contributed by atoms with Crippen molar-refractivity contribution in [3.05, 3.63) is 48.0 Å². The molecule has 2 aromatic rings. The Labute approximate surface area is 151 Å². The summed E-state index contributed by atoms with van der Waals surface area (Å²) in [6.07, 6.45) is 5.46. The van der Waals surface area contributed by atoms with E-state index < -0.39 is 5.60 Å². The fourth-order valence-electron chi connectivity index (χ4n) is 4.67. The predicted molar refractivity (Wildman–Crippen MR) is 104 cm³/mol. The van der Waals surface area contributed by atoms with Gasteiger partial charge in [0.05, 0.1) is 5.60 Å². The van der Waals surface area contributed by atoms with E-state index in [0.717, 1.165) is 58.4 Å². The topological polar surface area (TPSA) is 35.5 Å². The Bertz CT molecular complexity index is 702. The lowest BCUT2D eigenvalue weighted by Gasteiger charge is -2.42. The van der Waals surface area contributed by atoms with E-state index in [1.165, 1.54) is 22.8 Å². The molecule has 1 atom stereocenters. The zero-order chi connectivity index (χ0) is 17.1. The standard InChI is InChI=1S/C22H30N2O/c25-22(10-4-1-5-11-22)21(17-24-14-12-23-13-15-24)20-9-8-18-6-2-3-7-19(18)16-20/h2-3,6-9,16,21,23,25H,1,4-5,10-15,17H2. The van der Waals surface area contributed by atoms with Crippen LogP contribution in [0.2, 0.25) is 0 Å². The van der Waals surface area contributed by atoms with Crippen molar-refractivity contribution >= 4 is 10.8 Å². The van der Waals surface area contributed by atoms with Gasteiger partial charge in [0.15, 0.2) is 0 Å². The summed E-state index contributed by atoms with van der Waals surface area (Å²) in [7, 11) is 0. The number of rotatable bonds is 4. The molecule has 1 saturated carbocycles. The number of hydrogen-bond donors (Lipinski definition) is 2. The van der Waals surface area contributed by atoms with E-state index in [1.807, 2.05) is 0 Å². The first kappa shape index (κ1) is 17.0. The smallest absolute Gasteiger partial charge is 0.0728 e. The largest absolute Gasteiger partial charge is 0.389 e. The molecule has 134 valence electrons. The first-order valence-corrected chi connectivity index (χ1v) is 9.89. The van der Waals surface area contributed by atoms with Crippen molar-refractivity contribution in [2.75, 3.05) is 32.7 Å². The highest BCUT2D eigenvalue weighted by Crippen LogP contribution is 2.41. The lowest BCUT2D eigenvalue weighted by atomic mass is 9.72. The molecule has 2 N–H and O–H groups in total. The zero-order valence-electron chi connectivity index (χ0n) is 15.1. The van der Waals surface area contributed by atoms with Gasteiger partial charge in [-0.15, -0.1) is 0 Å². The first-order valence-electron chi connectivity index (χ1n) is 9.89. The van der Waals surface area contributed by atoms with Crippen molar-refractivity contribution in [1.29, 1.82) is 0 Å². The third kappa shape index (κ3) is 3.74. The van der Waals surface area contributed by atoms with Crippen molar-refractivity contribution < 1.29 is 5.11 Å².